The van der Waals surface area contributed by atoms with Gasteiger partial charge >= 0.3 is 0 Å². The first kappa shape index (κ1) is 9.97. The molecule has 15 heavy (non-hydrogen) atoms. The number of carbonyl (C=O) groups is 1. The fourth-order valence-corrected chi connectivity index (χ4v) is 1.65. The molecule has 0 unspecified atom stereocenters. The van der Waals surface area contributed by atoms with E-state index >= 15 is 0 Å². The van der Waals surface area contributed by atoms with Crippen LogP contribution in [0, 0.1) is 0 Å². The molecule has 0 N–H and O–H groups in total. The minimum Gasteiger partial charge on any atom is -0.291 e. The maximum Gasteiger partial charge on any atom is 0.222 e. The lowest BCUT2D eigenvalue weighted by atomic mass is 10.3. The molecule has 1 heterocycles. The van der Waals surface area contributed by atoms with Gasteiger partial charge in [0.25, 0.3) is 0 Å². The third-order valence-electron chi connectivity index (χ3n) is 1.87. The lowest BCUT2D eigenvalue weighted by molar-refractivity contribution is 0.100. The minimum absolute atomic E-state index is 0.171. The van der Waals surface area contributed by atoms with Crippen molar-refractivity contribution in [3.8, 4) is 5.69 Å². The molecule has 6 heteroatoms. The number of nitrogens with zero attached hydrogens (tertiary/aromatic N) is 4. The molecule has 0 radical (unpaired) electrons. The summed E-state index contributed by atoms with van der Waals surface area (Å²) in [5.41, 5.74) is 0.743. The van der Waals surface area contributed by atoms with Crippen LogP contribution in [-0.4, -0.2) is 26.0 Å². The molecule has 0 spiro atoms. The average molecular weight is 267 g/mol. The number of carbonyl (C=O) groups excluding carboxylic acids is 1. The van der Waals surface area contributed by atoms with Crippen LogP contribution in [0.15, 0.2) is 28.7 Å². The lowest BCUT2D eigenvalue weighted by Gasteiger charge is -2.03. The molecular weight excluding hydrogens is 260 g/mol. The van der Waals surface area contributed by atoms with Crippen LogP contribution in [0.2, 0.25) is 0 Å². The molecular formula is C9H7BrN4O. The number of ketones is 1. The number of benzene rings is 1. The van der Waals surface area contributed by atoms with E-state index in [1.807, 2.05) is 24.3 Å². The molecule has 0 saturated heterocycles. The Hall–Kier alpha value is -1.56. The number of hydrogen-bond donors (Lipinski definition) is 0. The van der Waals surface area contributed by atoms with Crippen molar-refractivity contribution in [3.05, 3.63) is 34.6 Å². The molecule has 0 fully saturated rings. The van der Waals surface area contributed by atoms with Gasteiger partial charge in [-0.2, -0.15) is 4.68 Å². The third kappa shape index (κ3) is 1.80. The van der Waals surface area contributed by atoms with Gasteiger partial charge in [0.05, 0.1) is 5.69 Å². The predicted octanol–water partition coefficient (Wildman–Crippen LogP) is 1.63. The van der Waals surface area contributed by atoms with Gasteiger partial charge in [0.15, 0.2) is 5.78 Å². The fourth-order valence-electron chi connectivity index (χ4n) is 1.19. The maximum atomic E-state index is 11.2. The highest BCUT2D eigenvalue weighted by Gasteiger charge is 2.13. The number of para-hydroxylation sites is 1. The van der Waals surface area contributed by atoms with Crippen molar-refractivity contribution in [2.75, 3.05) is 0 Å². The molecule has 5 nitrogen and oxygen atoms in total. The number of aromatic nitrogens is 4. The van der Waals surface area contributed by atoms with Crippen LogP contribution in [0.5, 0.6) is 0 Å². The second-order valence-electron chi connectivity index (χ2n) is 2.92. The topological polar surface area (TPSA) is 60.7 Å². The Bertz CT molecular complexity index is 508. The van der Waals surface area contributed by atoms with Crippen molar-refractivity contribution in [1.82, 2.24) is 20.2 Å². The minimum atomic E-state index is -0.171. The Morgan fingerprint density at radius 2 is 2.13 bits per heavy atom. The molecule has 0 atom stereocenters. The second kappa shape index (κ2) is 3.90. The van der Waals surface area contributed by atoms with E-state index in [-0.39, 0.29) is 11.6 Å². The van der Waals surface area contributed by atoms with Crippen LogP contribution in [0.4, 0.5) is 0 Å². The third-order valence-corrected chi connectivity index (χ3v) is 2.54. The first-order chi connectivity index (χ1) is 7.20. The van der Waals surface area contributed by atoms with Gasteiger partial charge < -0.3 is 0 Å². The molecule has 0 amide bonds. The van der Waals surface area contributed by atoms with Gasteiger partial charge in [0, 0.05) is 11.4 Å². The zero-order valence-corrected chi connectivity index (χ0v) is 9.47. The lowest BCUT2D eigenvalue weighted by Crippen LogP contribution is -2.07. The van der Waals surface area contributed by atoms with E-state index in [1.165, 1.54) is 11.6 Å². The van der Waals surface area contributed by atoms with Crippen molar-refractivity contribution in [2.45, 2.75) is 6.92 Å². The van der Waals surface area contributed by atoms with Crippen LogP contribution in [0.25, 0.3) is 5.69 Å². The summed E-state index contributed by atoms with van der Waals surface area (Å²) in [5, 5.41) is 10.9. The summed E-state index contributed by atoms with van der Waals surface area (Å²) in [6.45, 7) is 1.43. The zero-order valence-electron chi connectivity index (χ0n) is 7.88. The van der Waals surface area contributed by atoms with Crippen LogP contribution in [-0.2, 0) is 0 Å². The average Bonchev–Trinajstić information content (AvgIpc) is 2.67. The Kier molecular flexibility index (Phi) is 2.59. The van der Waals surface area contributed by atoms with E-state index in [9.17, 15) is 4.79 Å². The molecule has 0 bridgehead atoms. The Morgan fingerprint density at radius 3 is 2.80 bits per heavy atom. The van der Waals surface area contributed by atoms with E-state index in [1.54, 1.807) is 0 Å². The summed E-state index contributed by atoms with van der Waals surface area (Å²) >= 11 is 3.37. The largest absolute Gasteiger partial charge is 0.291 e. The molecule has 0 aliphatic heterocycles. The summed E-state index contributed by atoms with van der Waals surface area (Å²) in [7, 11) is 0. The van der Waals surface area contributed by atoms with Gasteiger partial charge in [-0.05, 0) is 38.5 Å². The number of rotatable bonds is 2. The van der Waals surface area contributed by atoms with Crippen LogP contribution in [0.3, 0.4) is 0 Å². The summed E-state index contributed by atoms with van der Waals surface area (Å²) < 4.78 is 2.24. The Balaban J connectivity index is 2.59. The molecule has 1 aromatic carbocycles. The number of Topliss-reactive ketones (excluding diaryl/α,β-unsaturated/α-hetero) is 1. The molecule has 0 saturated carbocycles. The Labute approximate surface area is 94.2 Å². The number of hydrogen-bond acceptors (Lipinski definition) is 4. The number of tetrazole rings is 1. The van der Waals surface area contributed by atoms with Crippen LogP contribution < -0.4 is 0 Å². The SMILES string of the molecule is CC(=O)c1nnnn1-c1ccccc1Br. The normalized spacial score (nSPS) is 10.3. The molecule has 76 valence electrons. The van der Waals surface area contributed by atoms with Gasteiger partial charge in [-0.3, -0.25) is 4.79 Å². The zero-order chi connectivity index (χ0) is 10.8. The second-order valence-corrected chi connectivity index (χ2v) is 3.78. The van der Waals surface area contributed by atoms with E-state index < -0.39 is 0 Å². The van der Waals surface area contributed by atoms with Gasteiger partial charge in [-0.25, -0.2) is 0 Å². The first-order valence-corrected chi connectivity index (χ1v) is 5.03. The highest BCUT2D eigenvalue weighted by Crippen LogP contribution is 2.20. The monoisotopic (exact) mass is 266 g/mol. The van der Waals surface area contributed by atoms with E-state index in [0.29, 0.717) is 0 Å². The van der Waals surface area contributed by atoms with E-state index in [0.717, 1.165) is 10.2 Å². The standard InChI is InChI=1S/C9H7BrN4O/c1-6(15)9-11-12-13-14(9)8-5-3-2-4-7(8)10/h2-5H,1H3. The molecule has 2 rings (SSSR count). The van der Waals surface area contributed by atoms with Crippen molar-refractivity contribution < 1.29 is 4.79 Å². The van der Waals surface area contributed by atoms with E-state index in [2.05, 4.69) is 31.5 Å². The van der Waals surface area contributed by atoms with Gasteiger partial charge in [-0.1, -0.05) is 12.1 Å². The van der Waals surface area contributed by atoms with Gasteiger partial charge in [0.2, 0.25) is 5.82 Å². The summed E-state index contributed by atoms with van der Waals surface area (Å²) in [6.07, 6.45) is 0. The molecule has 2 aromatic rings. The van der Waals surface area contributed by atoms with Crippen LogP contribution >= 0.6 is 15.9 Å². The highest BCUT2D eigenvalue weighted by molar-refractivity contribution is 9.10. The first-order valence-electron chi connectivity index (χ1n) is 4.24. The number of halogens is 1. The molecule has 0 aliphatic rings. The highest BCUT2D eigenvalue weighted by atomic mass is 79.9. The fraction of sp³-hybridized carbons (Fsp3) is 0.111. The van der Waals surface area contributed by atoms with E-state index in [4.69, 9.17) is 0 Å². The predicted molar refractivity (Wildman–Crippen MR) is 56.9 cm³/mol. The summed E-state index contributed by atoms with van der Waals surface area (Å²) in [5.74, 6) is 0.0534. The summed E-state index contributed by atoms with van der Waals surface area (Å²) in [6, 6.07) is 7.42. The molecule has 1 aromatic heterocycles. The van der Waals surface area contributed by atoms with Gasteiger partial charge in [0.1, 0.15) is 0 Å². The van der Waals surface area contributed by atoms with Crippen molar-refractivity contribution in [1.29, 1.82) is 0 Å². The smallest absolute Gasteiger partial charge is 0.222 e. The van der Waals surface area contributed by atoms with Crippen LogP contribution in [0.1, 0.15) is 17.5 Å². The summed E-state index contributed by atoms with van der Waals surface area (Å²) in [4.78, 5) is 11.2. The van der Waals surface area contributed by atoms with Crippen molar-refractivity contribution >= 4 is 21.7 Å². The quantitative estimate of drug-likeness (QED) is 0.776. The van der Waals surface area contributed by atoms with Crippen molar-refractivity contribution in [3.63, 3.8) is 0 Å². The Morgan fingerprint density at radius 1 is 1.40 bits per heavy atom. The van der Waals surface area contributed by atoms with Crippen molar-refractivity contribution in [2.24, 2.45) is 0 Å². The maximum absolute atomic E-state index is 11.2. The van der Waals surface area contributed by atoms with Gasteiger partial charge in [-0.15, -0.1) is 5.10 Å². The molecule has 0 aliphatic carbocycles.